The predicted octanol–water partition coefficient (Wildman–Crippen LogP) is 1.78. The first kappa shape index (κ1) is 14.8. The number of hydrogen-bond donors (Lipinski definition) is 2. The summed E-state index contributed by atoms with van der Waals surface area (Å²) in [5.41, 5.74) is -0.583. The molecule has 0 aliphatic rings. The van der Waals surface area contributed by atoms with E-state index in [-0.39, 0.29) is 6.61 Å². The highest BCUT2D eigenvalue weighted by molar-refractivity contribution is 5.83. The molecule has 0 unspecified atom stereocenters. The number of aliphatic carboxylic acids is 1. The smallest absolute Gasteiger partial charge is 0.408 e. The Morgan fingerprint density at radius 2 is 1.84 bits per heavy atom. The minimum atomic E-state index is -1.36. The van der Waals surface area contributed by atoms with Gasteiger partial charge in [-0.2, -0.15) is 0 Å². The van der Waals surface area contributed by atoms with Crippen molar-refractivity contribution in [1.29, 1.82) is 0 Å². The molecule has 0 spiro atoms. The van der Waals surface area contributed by atoms with Gasteiger partial charge in [-0.15, -0.1) is 0 Å². The molecule has 2 N–H and O–H groups in total. The van der Waals surface area contributed by atoms with E-state index in [1.807, 2.05) is 0 Å². The first-order chi connectivity index (χ1) is 8.85. The molecule has 1 rings (SSSR count). The largest absolute Gasteiger partial charge is 0.497 e. The molecule has 0 heterocycles. The van der Waals surface area contributed by atoms with Crippen molar-refractivity contribution >= 4 is 12.1 Å². The number of carboxylic acids is 1. The molecule has 19 heavy (non-hydrogen) atoms. The number of nitrogens with one attached hydrogen (secondary N) is 1. The number of ether oxygens (including phenoxy) is 2. The van der Waals surface area contributed by atoms with E-state index < -0.39 is 17.6 Å². The third-order valence-electron chi connectivity index (χ3n) is 2.48. The van der Waals surface area contributed by atoms with Crippen LogP contribution in [-0.4, -0.2) is 29.8 Å². The van der Waals surface area contributed by atoms with Crippen molar-refractivity contribution in [3.05, 3.63) is 29.8 Å². The molecule has 1 aromatic rings. The van der Waals surface area contributed by atoms with E-state index in [1.54, 1.807) is 31.4 Å². The Bertz CT molecular complexity index is 453. The van der Waals surface area contributed by atoms with Gasteiger partial charge < -0.3 is 19.9 Å². The van der Waals surface area contributed by atoms with Crippen LogP contribution in [0.15, 0.2) is 24.3 Å². The van der Waals surface area contributed by atoms with Crippen LogP contribution < -0.4 is 10.1 Å². The molecule has 1 amide bonds. The molecule has 0 saturated carbocycles. The molecule has 0 atom stereocenters. The molecule has 104 valence electrons. The Morgan fingerprint density at radius 3 is 2.32 bits per heavy atom. The zero-order valence-electron chi connectivity index (χ0n) is 11.1. The van der Waals surface area contributed by atoms with Gasteiger partial charge in [-0.3, -0.25) is 0 Å². The molecule has 0 bridgehead atoms. The number of rotatable bonds is 5. The van der Waals surface area contributed by atoms with Crippen LogP contribution in [0.25, 0.3) is 0 Å². The van der Waals surface area contributed by atoms with Gasteiger partial charge in [0, 0.05) is 0 Å². The lowest BCUT2D eigenvalue weighted by Gasteiger charge is -2.20. The monoisotopic (exact) mass is 267 g/mol. The van der Waals surface area contributed by atoms with E-state index in [1.165, 1.54) is 13.8 Å². The second-order valence-corrected chi connectivity index (χ2v) is 4.48. The summed E-state index contributed by atoms with van der Waals surface area (Å²) in [5.74, 6) is -0.422. The number of carbonyl (C=O) groups is 2. The summed E-state index contributed by atoms with van der Waals surface area (Å²) in [5, 5.41) is 11.1. The number of benzene rings is 1. The van der Waals surface area contributed by atoms with Crippen LogP contribution in [0, 0.1) is 0 Å². The Balaban J connectivity index is 2.48. The Hall–Kier alpha value is -2.24. The number of alkyl carbamates (subject to hydrolysis) is 1. The van der Waals surface area contributed by atoms with Gasteiger partial charge in [0.05, 0.1) is 7.11 Å². The van der Waals surface area contributed by atoms with Crippen molar-refractivity contribution in [1.82, 2.24) is 5.32 Å². The number of methoxy groups -OCH3 is 1. The van der Waals surface area contributed by atoms with Gasteiger partial charge in [0.25, 0.3) is 0 Å². The van der Waals surface area contributed by atoms with Crippen LogP contribution >= 0.6 is 0 Å². The van der Waals surface area contributed by atoms with Gasteiger partial charge in [-0.1, -0.05) is 12.1 Å². The summed E-state index contributed by atoms with van der Waals surface area (Å²) in [6, 6.07) is 7.01. The molecule has 0 aliphatic carbocycles. The number of carboxylic acid groups (broad SMARTS) is 1. The standard InChI is InChI=1S/C13H17NO5/c1-13(2,11(15)16)14-12(17)19-8-9-4-6-10(18-3)7-5-9/h4-7H,8H2,1-3H3,(H,14,17)(H,15,16). The fourth-order valence-electron chi connectivity index (χ4n) is 1.22. The van der Waals surface area contributed by atoms with Crippen LogP contribution in [-0.2, 0) is 16.1 Å². The van der Waals surface area contributed by atoms with E-state index >= 15 is 0 Å². The maximum absolute atomic E-state index is 11.4. The highest BCUT2D eigenvalue weighted by atomic mass is 16.5. The van der Waals surface area contributed by atoms with Crippen molar-refractivity contribution in [3.8, 4) is 5.75 Å². The second-order valence-electron chi connectivity index (χ2n) is 4.48. The first-order valence-corrected chi connectivity index (χ1v) is 5.66. The first-order valence-electron chi connectivity index (χ1n) is 5.66. The summed E-state index contributed by atoms with van der Waals surface area (Å²) in [6.07, 6.45) is -0.775. The molecule has 0 aliphatic heterocycles. The van der Waals surface area contributed by atoms with E-state index in [0.29, 0.717) is 5.75 Å². The zero-order chi connectivity index (χ0) is 14.5. The number of carbonyl (C=O) groups excluding carboxylic acids is 1. The molecule has 6 heteroatoms. The quantitative estimate of drug-likeness (QED) is 0.849. The van der Waals surface area contributed by atoms with E-state index in [9.17, 15) is 9.59 Å². The van der Waals surface area contributed by atoms with Gasteiger partial charge in [-0.05, 0) is 31.5 Å². The third-order valence-corrected chi connectivity index (χ3v) is 2.48. The summed E-state index contributed by atoms with van der Waals surface area (Å²) in [7, 11) is 1.56. The molecular weight excluding hydrogens is 250 g/mol. The van der Waals surface area contributed by atoms with Crippen molar-refractivity contribution < 1.29 is 24.2 Å². The highest BCUT2D eigenvalue weighted by Crippen LogP contribution is 2.12. The fourth-order valence-corrected chi connectivity index (χ4v) is 1.22. The molecule has 0 radical (unpaired) electrons. The topological polar surface area (TPSA) is 84.9 Å². The molecule has 0 aromatic heterocycles. The van der Waals surface area contributed by atoms with Gasteiger partial charge in [0.1, 0.15) is 17.9 Å². The van der Waals surface area contributed by atoms with Gasteiger partial charge in [0.2, 0.25) is 0 Å². The lowest BCUT2D eigenvalue weighted by Crippen LogP contribution is -2.49. The Kier molecular flexibility index (Phi) is 4.74. The summed E-state index contributed by atoms with van der Waals surface area (Å²) in [4.78, 5) is 22.3. The summed E-state index contributed by atoms with van der Waals surface area (Å²) in [6.45, 7) is 2.82. The SMILES string of the molecule is COc1ccc(COC(=O)NC(C)(C)C(=O)O)cc1. The highest BCUT2D eigenvalue weighted by Gasteiger charge is 2.29. The molecule has 0 fully saturated rings. The average molecular weight is 267 g/mol. The minimum Gasteiger partial charge on any atom is -0.497 e. The molecule has 1 aromatic carbocycles. The van der Waals surface area contributed by atoms with E-state index in [0.717, 1.165) is 5.56 Å². The van der Waals surface area contributed by atoms with Gasteiger partial charge in [0.15, 0.2) is 0 Å². The van der Waals surface area contributed by atoms with Crippen LogP contribution in [0.2, 0.25) is 0 Å². The van der Waals surface area contributed by atoms with Gasteiger partial charge in [-0.25, -0.2) is 9.59 Å². The normalized spacial score (nSPS) is 10.7. The third kappa shape index (κ3) is 4.50. The van der Waals surface area contributed by atoms with Crippen molar-refractivity contribution in [3.63, 3.8) is 0 Å². The molecule has 6 nitrogen and oxygen atoms in total. The van der Waals surface area contributed by atoms with E-state index in [4.69, 9.17) is 14.6 Å². The maximum Gasteiger partial charge on any atom is 0.408 e. The fraction of sp³-hybridized carbons (Fsp3) is 0.385. The maximum atomic E-state index is 11.4. The lowest BCUT2D eigenvalue weighted by molar-refractivity contribution is -0.143. The summed E-state index contributed by atoms with van der Waals surface area (Å²) >= 11 is 0. The Labute approximate surface area is 111 Å². The Morgan fingerprint density at radius 1 is 1.26 bits per heavy atom. The van der Waals surface area contributed by atoms with Crippen molar-refractivity contribution in [2.24, 2.45) is 0 Å². The number of hydrogen-bond acceptors (Lipinski definition) is 4. The van der Waals surface area contributed by atoms with Crippen molar-refractivity contribution in [2.75, 3.05) is 7.11 Å². The zero-order valence-corrected chi connectivity index (χ0v) is 11.1. The lowest BCUT2D eigenvalue weighted by atomic mass is 10.1. The molecule has 0 saturated heterocycles. The molecular formula is C13H17NO5. The van der Waals surface area contributed by atoms with Crippen LogP contribution in [0.5, 0.6) is 5.75 Å². The van der Waals surface area contributed by atoms with Crippen LogP contribution in [0.4, 0.5) is 4.79 Å². The minimum absolute atomic E-state index is 0.0610. The van der Waals surface area contributed by atoms with Crippen LogP contribution in [0.1, 0.15) is 19.4 Å². The van der Waals surface area contributed by atoms with Crippen LogP contribution in [0.3, 0.4) is 0 Å². The summed E-state index contributed by atoms with van der Waals surface area (Å²) < 4.78 is 9.94. The average Bonchev–Trinajstić information content (AvgIpc) is 2.36. The van der Waals surface area contributed by atoms with Gasteiger partial charge >= 0.3 is 12.1 Å². The van der Waals surface area contributed by atoms with E-state index in [2.05, 4.69) is 5.32 Å². The predicted molar refractivity (Wildman–Crippen MR) is 68.0 cm³/mol. The van der Waals surface area contributed by atoms with Crippen molar-refractivity contribution in [2.45, 2.75) is 26.0 Å². The second kappa shape index (κ2) is 6.08. The number of amides is 1.